The monoisotopic (exact) mass is 523 g/mol. The maximum Gasteiger partial charge on any atom is 0.248 e. The van der Waals surface area contributed by atoms with Crippen molar-refractivity contribution in [1.29, 1.82) is 0 Å². The van der Waals surface area contributed by atoms with E-state index in [0.29, 0.717) is 30.4 Å². The molecular weight excluding hydrogens is 498 g/mol. The minimum absolute atomic E-state index is 0.145. The minimum atomic E-state index is -2.94. The van der Waals surface area contributed by atoms with Gasteiger partial charge in [0.05, 0.1) is 44.7 Å². The highest BCUT2D eigenvalue weighted by atomic mass is 32.2. The van der Waals surface area contributed by atoms with Crippen LogP contribution in [-0.4, -0.2) is 57.9 Å². The average molecular weight is 524 g/mol. The smallest absolute Gasteiger partial charge is 0.248 e. The van der Waals surface area contributed by atoms with E-state index in [1.54, 1.807) is 36.0 Å². The number of sulfone groups is 1. The van der Waals surface area contributed by atoms with Crippen LogP contribution in [0.2, 0.25) is 0 Å². The summed E-state index contributed by atoms with van der Waals surface area (Å²) in [4.78, 5) is 35.7. The van der Waals surface area contributed by atoms with Gasteiger partial charge in [-0.2, -0.15) is 0 Å². The number of rotatable bonds is 7. The molecule has 4 aromatic rings. The van der Waals surface area contributed by atoms with E-state index in [9.17, 15) is 13.2 Å². The van der Waals surface area contributed by atoms with E-state index in [1.165, 1.54) is 0 Å². The summed E-state index contributed by atoms with van der Waals surface area (Å²) in [5.74, 6) is 1.44. The highest BCUT2D eigenvalue weighted by Crippen LogP contribution is 2.36. The van der Waals surface area contributed by atoms with Gasteiger partial charge in [0.2, 0.25) is 11.5 Å². The van der Waals surface area contributed by atoms with Crippen LogP contribution in [-0.2, 0) is 16.3 Å². The molecule has 0 bridgehead atoms. The lowest BCUT2D eigenvalue weighted by molar-refractivity contribution is 0.586. The van der Waals surface area contributed by atoms with Crippen molar-refractivity contribution < 1.29 is 8.42 Å². The first-order chi connectivity index (χ1) is 17.4. The molecule has 12 heteroatoms. The number of aromatic nitrogens is 5. The van der Waals surface area contributed by atoms with Gasteiger partial charge in [0.15, 0.2) is 9.84 Å². The zero-order valence-corrected chi connectivity index (χ0v) is 21.3. The van der Waals surface area contributed by atoms with E-state index in [2.05, 4.69) is 27.2 Å². The highest BCUT2D eigenvalue weighted by Gasteiger charge is 2.22. The Bertz CT molecular complexity index is 1520. The number of anilines is 3. The molecule has 0 aromatic carbocycles. The molecule has 36 heavy (non-hydrogen) atoms. The summed E-state index contributed by atoms with van der Waals surface area (Å²) < 4.78 is 23.4. The van der Waals surface area contributed by atoms with Crippen LogP contribution in [0.1, 0.15) is 18.4 Å². The van der Waals surface area contributed by atoms with Crippen molar-refractivity contribution in [2.24, 2.45) is 0 Å². The van der Waals surface area contributed by atoms with Gasteiger partial charge in [0.1, 0.15) is 5.82 Å². The van der Waals surface area contributed by atoms with Gasteiger partial charge >= 0.3 is 0 Å². The van der Waals surface area contributed by atoms with Gasteiger partial charge in [-0.05, 0) is 37.1 Å². The molecule has 186 valence electrons. The van der Waals surface area contributed by atoms with Crippen LogP contribution in [0.5, 0.6) is 0 Å². The number of nitrogens with zero attached hydrogens (tertiary/aromatic N) is 5. The van der Waals surface area contributed by atoms with Crippen LogP contribution in [0.4, 0.5) is 17.5 Å². The number of aromatic amines is 1. The first-order valence-electron chi connectivity index (χ1n) is 11.6. The molecule has 10 nitrogen and oxygen atoms in total. The molecule has 5 heterocycles. The summed E-state index contributed by atoms with van der Waals surface area (Å²) in [7, 11) is -2.94. The van der Waals surface area contributed by atoms with Gasteiger partial charge in [-0.25, -0.2) is 28.4 Å². The van der Waals surface area contributed by atoms with Crippen LogP contribution in [0.3, 0.4) is 0 Å². The van der Waals surface area contributed by atoms with E-state index in [-0.39, 0.29) is 17.1 Å². The maximum absolute atomic E-state index is 11.9. The van der Waals surface area contributed by atoms with Gasteiger partial charge in [0, 0.05) is 37.1 Å². The van der Waals surface area contributed by atoms with Crippen LogP contribution in [0, 0.1) is 0 Å². The van der Waals surface area contributed by atoms with Gasteiger partial charge in [-0.1, -0.05) is 6.92 Å². The van der Waals surface area contributed by atoms with Crippen molar-refractivity contribution >= 4 is 38.6 Å². The molecule has 1 saturated heterocycles. The third-order valence-electron chi connectivity index (χ3n) is 5.74. The predicted octanol–water partition coefficient (Wildman–Crippen LogP) is 3.28. The highest BCUT2D eigenvalue weighted by molar-refractivity contribution is 7.91. The Balaban J connectivity index is 1.38. The maximum atomic E-state index is 11.9. The predicted molar refractivity (Wildman–Crippen MR) is 142 cm³/mol. The topological polar surface area (TPSA) is 134 Å². The Hall–Kier alpha value is -3.64. The largest absolute Gasteiger partial charge is 0.355 e. The normalized spacial score (nSPS) is 15.1. The van der Waals surface area contributed by atoms with Crippen LogP contribution in [0.15, 0.2) is 53.7 Å². The van der Waals surface area contributed by atoms with E-state index in [1.807, 2.05) is 29.2 Å². The molecule has 0 spiro atoms. The molecule has 1 fully saturated rings. The average Bonchev–Trinajstić information content (AvgIpc) is 3.29. The molecule has 0 unspecified atom stereocenters. The SMILES string of the molecule is CCCc1nc(-c2cc[nH]c(=O)c2)c(-c2ccnc(Nc3ccc(N4CCS(=O)(=O)CC4)nc3)n2)s1. The number of hydrogen-bond acceptors (Lipinski definition) is 10. The molecule has 0 saturated carbocycles. The second-order valence-electron chi connectivity index (χ2n) is 8.41. The summed E-state index contributed by atoms with van der Waals surface area (Å²) in [6.45, 7) is 2.99. The first-order valence-corrected chi connectivity index (χ1v) is 14.2. The fourth-order valence-electron chi connectivity index (χ4n) is 3.91. The Labute approximate surface area is 212 Å². The molecule has 0 aliphatic carbocycles. The summed E-state index contributed by atoms with van der Waals surface area (Å²) in [5, 5.41) is 4.17. The standard InChI is InChI=1S/C24H25N7O3S2/c1-2-3-21-30-22(16-6-8-25-20(32)14-16)23(35-21)18-7-9-26-24(29-18)28-17-4-5-19(27-15-17)31-10-12-36(33,34)13-11-31/h4-9,14-15H,2-3,10-13H2,1H3,(H,25,32)(H,26,28,29). The third-order valence-corrected chi connectivity index (χ3v) is 8.49. The lowest BCUT2D eigenvalue weighted by atomic mass is 10.1. The molecule has 0 amide bonds. The summed E-state index contributed by atoms with van der Waals surface area (Å²) >= 11 is 1.57. The lowest BCUT2D eigenvalue weighted by Crippen LogP contribution is -2.40. The summed E-state index contributed by atoms with van der Waals surface area (Å²) in [5.41, 5.74) is 2.71. The Morgan fingerprint density at radius 1 is 1.11 bits per heavy atom. The number of hydrogen-bond donors (Lipinski definition) is 2. The summed E-state index contributed by atoms with van der Waals surface area (Å²) in [6.07, 6.45) is 6.79. The van der Waals surface area contributed by atoms with Crippen LogP contribution in [0.25, 0.3) is 21.8 Å². The first kappa shape index (κ1) is 24.1. The zero-order chi connectivity index (χ0) is 25.1. The van der Waals surface area contributed by atoms with E-state index in [4.69, 9.17) is 9.97 Å². The number of thiazole rings is 1. The molecule has 5 rings (SSSR count). The minimum Gasteiger partial charge on any atom is -0.355 e. The fraction of sp³-hybridized carbons (Fsp3) is 0.292. The molecule has 4 aromatic heterocycles. The Morgan fingerprint density at radius 2 is 1.94 bits per heavy atom. The van der Waals surface area contributed by atoms with Crippen molar-refractivity contribution in [2.75, 3.05) is 34.8 Å². The molecule has 2 N–H and O–H groups in total. The van der Waals surface area contributed by atoms with Crippen molar-refractivity contribution in [3.05, 3.63) is 64.3 Å². The van der Waals surface area contributed by atoms with Gasteiger partial charge < -0.3 is 15.2 Å². The van der Waals surface area contributed by atoms with E-state index < -0.39 is 9.84 Å². The summed E-state index contributed by atoms with van der Waals surface area (Å²) in [6, 6.07) is 8.93. The molecule has 1 aliphatic heterocycles. The van der Waals surface area contributed by atoms with Crippen LogP contribution >= 0.6 is 11.3 Å². The second kappa shape index (κ2) is 10.2. The van der Waals surface area contributed by atoms with E-state index in [0.717, 1.165) is 39.8 Å². The molecular formula is C24H25N7O3S2. The number of nitrogens with one attached hydrogen (secondary N) is 2. The van der Waals surface area contributed by atoms with E-state index >= 15 is 0 Å². The van der Waals surface area contributed by atoms with Gasteiger partial charge in [-0.3, -0.25) is 4.79 Å². The fourth-order valence-corrected chi connectivity index (χ4v) is 6.27. The second-order valence-corrected chi connectivity index (χ2v) is 11.8. The van der Waals surface area contributed by atoms with Gasteiger partial charge in [0.25, 0.3) is 0 Å². The quantitative estimate of drug-likeness (QED) is 0.374. The third kappa shape index (κ3) is 5.44. The van der Waals surface area contributed by atoms with Crippen LogP contribution < -0.4 is 15.8 Å². The van der Waals surface area contributed by atoms with Crippen molar-refractivity contribution in [3.8, 4) is 21.8 Å². The number of pyridine rings is 2. The zero-order valence-electron chi connectivity index (χ0n) is 19.6. The van der Waals surface area contributed by atoms with Gasteiger partial charge in [-0.15, -0.1) is 11.3 Å². The Morgan fingerprint density at radius 3 is 2.67 bits per heavy atom. The molecule has 0 atom stereocenters. The molecule has 1 aliphatic rings. The van der Waals surface area contributed by atoms with Crippen molar-refractivity contribution in [1.82, 2.24) is 24.9 Å². The Kier molecular flexibility index (Phi) is 6.79. The van der Waals surface area contributed by atoms with Crippen molar-refractivity contribution in [3.63, 3.8) is 0 Å². The molecule has 0 radical (unpaired) electrons. The number of aryl methyl sites for hydroxylation is 1. The lowest BCUT2D eigenvalue weighted by Gasteiger charge is -2.27. The van der Waals surface area contributed by atoms with Crippen molar-refractivity contribution in [2.45, 2.75) is 19.8 Å². The number of H-pyrrole nitrogens is 1.